The van der Waals surface area contributed by atoms with E-state index in [1.807, 2.05) is 18.2 Å². The predicted octanol–water partition coefficient (Wildman–Crippen LogP) is 3.81. The summed E-state index contributed by atoms with van der Waals surface area (Å²) >= 11 is 12.2. The zero-order chi connectivity index (χ0) is 13.7. The van der Waals surface area contributed by atoms with Crippen LogP contribution in [0.4, 0.5) is 0 Å². The number of benzene rings is 1. The van der Waals surface area contributed by atoms with Crippen molar-refractivity contribution in [1.82, 2.24) is 10.2 Å². The average molecular weight is 301 g/mol. The summed E-state index contributed by atoms with van der Waals surface area (Å²) in [7, 11) is 2.20. The minimum absolute atomic E-state index is 0.635. The maximum Gasteiger partial charge on any atom is 0.0637 e. The van der Waals surface area contributed by atoms with Gasteiger partial charge in [-0.05, 0) is 63.5 Å². The van der Waals surface area contributed by atoms with Crippen LogP contribution in [0.2, 0.25) is 10.0 Å². The SMILES string of the molecule is CN1CCC(CCNCc2cccc(Cl)c2Cl)CC1. The fourth-order valence-corrected chi connectivity index (χ4v) is 2.95. The Morgan fingerprint density at radius 1 is 1.26 bits per heavy atom. The smallest absolute Gasteiger partial charge is 0.0637 e. The van der Waals surface area contributed by atoms with Gasteiger partial charge in [0.2, 0.25) is 0 Å². The highest BCUT2D eigenvalue weighted by molar-refractivity contribution is 6.42. The second-order valence-electron chi connectivity index (χ2n) is 5.43. The Morgan fingerprint density at radius 2 is 2.00 bits per heavy atom. The summed E-state index contributed by atoms with van der Waals surface area (Å²) in [5.74, 6) is 0.874. The molecule has 0 unspecified atom stereocenters. The van der Waals surface area contributed by atoms with Crippen LogP contribution in [-0.2, 0) is 6.54 Å². The molecular formula is C15H22Cl2N2. The number of nitrogens with zero attached hydrogens (tertiary/aromatic N) is 1. The van der Waals surface area contributed by atoms with Gasteiger partial charge in [0.25, 0.3) is 0 Å². The minimum atomic E-state index is 0.635. The molecule has 4 heteroatoms. The van der Waals surface area contributed by atoms with E-state index < -0.39 is 0 Å². The summed E-state index contributed by atoms with van der Waals surface area (Å²) in [6.07, 6.45) is 3.91. The lowest BCUT2D eigenvalue weighted by Crippen LogP contribution is -2.31. The van der Waals surface area contributed by atoms with Crippen molar-refractivity contribution in [3.05, 3.63) is 33.8 Å². The minimum Gasteiger partial charge on any atom is -0.313 e. The molecule has 2 nitrogen and oxygen atoms in total. The van der Waals surface area contributed by atoms with Crippen molar-refractivity contribution >= 4 is 23.2 Å². The Bertz CT molecular complexity index is 401. The molecule has 1 aliphatic rings. The Morgan fingerprint density at radius 3 is 2.74 bits per heavy atom. The van der Waals surface area contributed by atoms with Crippen molar-refractivity contribution in [3.8, 4) is 0 Å². The molecule has 19 heavy (non-hydrogen) atoms. The van der Waals surface area contributed by atoms with Crippen LogP contribution in [0.3, 0.4) is 0 Å². The van der Waals surface area contributed by atoms with E-state index in [1.165, 1.54) is 32.4 Å². The van der Waals surface area contributed by atoms with Crippen LogP contribution in [0.1, 0.15) is 24.8 Å². The van der Waals surface area contributed by atoms with Gasteiger partial charge in [-0.1, -0.05) is 35.3 Å². The van der Waals surface area contributed by atoms with E-state index in [1.54, 1.807) is 0 Å². The molecule has 0 aromatic heterocycles. The molecule has 106 valence electrons. The highest BCUT2D eigenvalue weighted by Crippen LogP contribution is 2.25. The fraction of sp³-hybridized carbons (Fsp3) is 0.600. The van der Waals surface area contributed by atoms with Crippen LogP contribution in [0, 0.1) is 5.92 Å². The molecule has 0 saturated carbocycles. The molecule has 1 saturated heterocycles. The molecule has 1 N–H and O–H groups in total. The van der Waals surface area contributed by atoms with E-state index in [-0.39, 0.29) is 0 Å². The number of piperidine rings is 1. The molecule has 1 aliphatic heterocycles. The van der Waals surface area contributed by atoms with Crippen molar-refractivity contribution in [2.24, 2.45) is 5.92 Å². The Labute approximate surface area is 126 Å². The molecule has 0 spiro atoms. The highest BCUT2D eigenvalue weighted by atomic mass is 35.5. The van der Waals surface area contributed by atoms with Gasteiger partial charge >= 0.3 is 0 Å². The Kier molecular flexibility index (Phi) is 5.96. The number of halogens is 2. The summed E-state index contributed by atoms with van der Waals surface area (Å²) in [4.78, 5) is 2.41. The van der Waals surface area contributed by atoms with Crippen LogP contribution >= 0.6 is 23.2 Å². The van der Waals surface area contributed by atoms with E-state index >= 15 is 0 Å². The third kappa shape index (κ3) is 4.64. The van der Waals surface area contributed by atoms with Crippen LogP contribution in [0.25, 0.3) is 0 Å². The van der Waals surface area contributed by atoms with Crippen LogP contribution in [0.5, 0.6) is 0 Å². The van der Waals surface area contributed by atoms with Gasteiger partial charge in [0.15, 0.2) is 0 Å². The number of likely N-dealkylation sites (tertiary alicyclic amines) is 1. The maximum absolute atomic E-state index is 6.16. The Hall–Kier alpha value is -0.280. The summed E-state index contributed by atoms with van der Waals surface area (Å²) < 4.78 is 0. The fourth-order valence-electron chi connectivity index (χ4n) is 2.56. The van der Waals surface area contributed by atoms with Gasteiger partial charge in [-0.25, -0.2) is 0 Å². The lowest BCUT2D eigenvalue weighted by Gasteiger charge is -2.28. The van der Waals surface area contributed by atoms with Gasteiger partial charge in [-0.2, -0.15) is 0 Å². The lowest BCUT2D eigenvalue weighted by molar-refractivity contribution is 0.211. The third-order valence-electron chi connectivity index (χ3n) is 3.91. The molecule has 2 rings (SSSR count). The van der Waals surface area contributed by atoms with E-state index in [0.717, 1.165) is 24.6 Å². The van der Waals surface area contributed by atoms with Crippen molar-refractivity contribution < 1.29 is 0 Å². The zero-order valence-electron chi connectivity index (χ0n) is 11.5. The van der Waals surface area contributed by atoms with Gasteiger partial charge in [0.1, 0.15) is 0 Å². The predicted molar refractivity (Wildman–Crippen MR) is 83.0 cm³/mol. The molecule has 0 amide bonds. The molecule has 0 aliphatic carbocycles. The van der Waals surface area contributed by atoms with Crippen LogP contribution in [0.15, 0.2) is 18.2 Å². The van der Waals surface area contributed by atoms with Crippen molar-refractivity contribution in [3.63, 3.8) is 0 Å². The normalized spacial score (nSPS) is 17.8. The van der Waals surface area contributed by atoms with E-state index in [2.05, 4.69) is 17.3 Å². The Balaban J connectivity index is 1.68. The molecule has 1 heterocycles. The van der Waals surface area contributed by atoms with Gasteiger partial charge < -0.3 is 10.2 Å². The molecule has 1 fully saturated rings. The first-order valence-electron chi connectivity index (χ1n) is 6.99. The van der Waals surface area contributed by atoms with Gasteiger partial charge in [0.05, 0.1) is 10.0 Å². The summed E-state index contributed by atoms with van der Waals surface area (Å²) in [5.41, 5.74) is 1.08. The second-order valence-corrected chi connectivity index (χ2v) is 6.21. The first-order chi connectivity index (χ1) is 9.16. The number of nitrogens with one attached hydrogen (secondary N) is 1. The number of rotatable bonds is 5. The van der Waals surface area contributed by atoms with E-state index in [9.17, 15) is 0 Å². The highest BCUT2D eigenvalue weighted by Gasteiger charge is 2.15. The molecule has 0 radical (unpaired) electrons. The van der Waals surface area contributed by atoms with E-state index in [4.69, 9.17) is 23.2 Å². The quantitative estimate of drug-likeness (QED) is 0.832. The van der Waals surface area contributed by atoms with Gasteiger partial charge in [0, 0.05) is 6.54 Å². The lowest BCUT2D eigenvalue weighted by atomic mass is 9.94. The van der Waals surface area contributed by atoms with Gasteiger partial charge in [-0.15, -0.1) is 0 Å². The second kappa shape index (κ2) is 7.49. The van der Waals surface area contributed by atoms with Crippen molar-refractivity contribution in [2.45, 2.75) is 25.8 Å². The first-order valence-corrected chi connectivity index (χ1v) is 7.74. The molecule has 1 aromatic carbocycles. The monoisotopic (exact) mass is 300 g/mol. The molecule has 1 aromatic rings. The first kappa shape index (κ1) is 15.1. The zero-order valence-corrected chi connectivity index (χ0v) is 13.0. The van der Waals surface area contributed by atoms with Crippen LogP contribution < -0.4 is 5.32 Å². The average Bonchev–Trinajstić information content (AvgIpc) is 2.41. The van der Waals surface area contributed by atoms with Gasteiger partial charge in [-0.3, -0.25) is 0 Å². The standard InChI is InChI=1S/C15H22Cl2N2/c1-19-9-6-12(7-10-19)5-8-18-11-13-3-2-4-14(16)15(13)17/h2-4,12,18H,5-11H2,1H3. The van der Waals surface area contributed by atoms with Crippen molar-refractivity contribution in [2.75, 3.05) is 26.7 Å². The number of hydrogen-bond donors (Lipinski definition) is 1. The van der Waals surface area contributed by atoms with Crippen LogP contribution in [-0.4, -0.2) is 31.6 Å². The largest absolute Gasteiger partial charge is 0.313 e. The maximum atomic E-state index is 6.16. The van der Waals surface area contributed by atoms with Crippen molar-refractivity contribution in [1.29, 1.82) is 0 Å². The number of hydrogen-bond acceptors (Lipinski definition) is 2. The summed E-state index contributed by atoms with van der Waals surface area (Å²) in [6, 6.07) is 5.80. The summed E-state index contributed by atoms with van der Waals surface area (Å²) in [6.45, 7) is 4.33. The van der Waals surface area contributed by atoms with E-state index in [0.29, 0.717) is 10.0 Å². The summed E-state index contributed by atoms with van der Waals surface area (Å²) in [5, 5.41) is 4.78. The molecular weight excluding hydrogens is 279 g/mol. The molecule has 0 bridgehead atoms. The molecule has 0 atom stereocenters. The topological polar surface area (TPSA) is 15.3 Å². The third-order valence-corrected chi connectivity index (χ3v) is 4.77.